The molecular formula is C8H8BrF2NO2. The molecule has 14 heavy (non-hydrogen) atoms. The molecule has 1 N–H and O–H groups in total. The molecule has 0 aliphatic heterocycles. The van der Waals surface area contributed by atoms with Crippen molar-refractivity contribution >= 4 is 15.9 Å². The second-order valence-corrected chi connectivity index (χ2v) is 3.27. The normalized spacial score (nSPS) is 10.7. The van der Waals surface area contributed by atoms with Crippen LogP contribution in [-0.2, 0) is 6.61 Å². The summed E-state index contributed by atoms with van der Waals surface area (Å²) >= 11 is 2.97. The van der Waals surface area contributed by atoms with Crippen LogP contribution in [0.25, 0.3) is 0 Å². The first-order valence-electron chi connectivity index (χ1n) is 3.72. The lowest BCUT2D eigenvalue weighted by Gasteiger charge is -2.10. The molecule has 1 heterocycles. The maximum atomic E-state index is 12.4. The lowest BCUT2D eigenvalue weighted by molar-refractivity contribution is 0.149. The molecule has 0 saturated heterocycles. The quantitative estimate of drug-likeness (QED) is 0.914. The maximum absolute atomic E-state index is 12.4. The van der Waals surface area contributed by atoms with Gasteiger partial charge in [0.2, 0.25) is 5.88 Å². The Kier molecular flexibility index (Phi) is 3.77. The molecule has 0 radical (unpaired) electrons. The minimum atomic E-state index is -2.63. The van der Waals surface area contributed by atoms with Crippen LogP contribution in [0.2, 0.25) is 0 Å². The first-order chi connectivity index (χ1) is 6.61. The van der Waals surface area contributed by atoms with Gasteiger partial charge in [0.1, 0.15) is 0 Å². The minimum absolute atomic E-state index is 0.141. The summed E-state index contributed by atoms with van der Waals surface area (Å²) in [5.41, 5.74) is -0.0276. The first kappa shape index (κ1) is 11.3. The van der Waals surface area contributed by atoms with Crippen LogP contribution in [0.15, 0.2) is 10.7 Å². The molecule has 1 aromatic rings. The third kappa shape index (κ3) is 2.01. The van der Waals surface area contributed by atoms with E-state index in [0.29, 0.717) is 0 Å². The van der Waals surface area contributed by atoms with Crippen LogP contribution in [-0.4, -0.2) is 17.2 Å². The largest absolute Gasteiger partial charge is 0.481 e. The van der Waals surface area contributed by atoms with Gasteiger partial charge < -0.3 is 9.84 Å². The smallest absolute Gasteiger partial charge is 0.266 e. The molecule has 78 valence electrons. The number of hydrogen-bond acceptors (Lipinski definition) is 3. The lowest BCUT2D eigenvalue weighted by Crippen LogP contribution is -2.00. The number of aliphatic hydroxyl groups excluding tert-OH is 1. The van der Waals surface area contributed by atoms with Crippen molar-refractivity contribution in [3.63, 3.8) is 0 Å². The van der Waals surface area contributed by atoms with Gasteiger partial charge in [-0.05, 0) is 15.9 Å². The summed E-state index contributed by atoms with van der Waals surface area (Å²) < 4.78 is 29.7. The summed E-state index contributed by atoms with van der Waals surface area (Å²) in [6.45, 7) is -0.405. The standard InChI is InChI=1S/C8H8BrF2NO2/c1-14-8-5(3-13)6(9)4(2-12-8)7(10)11/h2,7,13H,3H2,1H3. The van der Waals surface area contributed by atoms with Crippen LogP contribution in [0.4, 0.5) is 8.78 Å². The zero-order chi connectivity index (χ0) is 10.7. The molecule has 0 unspecified atom stereocenters. The summed E-state index contributed by atoms with van der Waals surface area (Å²) in [4.78, 5) is 3.66. The Balaban J connectivity index is 3.27. The van der Waals surface area contributed by atoms with Gasteiger partial charge in [0.25, 0.3) is 6.43 Å². The topological polar surface area (TPSA) is 42.4 Å². The Morgan fingerprint density at radius 1 is 1.64 bits per heavy atom. The number of halogens is 3. The van der Waals surface area contributed by atoms with Gasteiger partial charge >= 0.3 is 0 Å². The maximum Gasteiger partial charge on any atom is 0.266 e. The second-order valence-electron chi connectivity index (χ2n) is 2.47. The van der Waals surface area contributed by atoms with E-state index in [9.17, 15) is 8.78 Å². The number of hydrogen-bond donors (Lipinski definition) is 1. The van der Waals surface area contributed by atoms with Crippen molar-refractivity contribution in [2.45, 2.75) is 13.0 Å². The van der Waals surface area contributed by atoms with E-state index in [1.807, 2.05) is 0 Å². The lowest BCUT2D eigenvalue weighted by atomic mass is 10.2. The number of rotatable bonds is 3. The molecule has 0 atom stereocenters. The highest BCUT2D eigenvalue weighted by Crippen LogP contribution is 2.33. The highest BCUT2D eigenvalue weighted by Gasteiger charge is 2.18. The van der Waals surface area contributed by atoms with Gasteiger partial charge in [-0.3, -0.25) is 0 Å². The van der Waals surface area contributed by atoms with Crippen molar-refractivity contribution in [1.82, 2.24) is 4.98 Å². The molecule has 0 amide bonds. The Hall–Kier alpha value is -0.750. The summed E-state index contributed by atoms with van der Waals surface area (Å²) in [6, 6.07) is 0. The number of ether oxygens (including phenoxy) is 1. The van der Waals surface area contributed by atoms with Crippen molar-refractivity contribution in [3.8, 4) is 5.88 Å². The molecule has 6 heteroatoms. The number of aliphatic hydroxyl groups is 1. The third-order valence-corrected chi connectivity index (χ3v) is 2.62. The number of aromatic nitrogens is 1. The van der Waals surface area contributed by atoms with Crippen LogP contribution in [0.3, 0.4) is 0 Å². The van der Waals surface area contributed by atoms with Crippen LogP contribution >= 0.6 is 15.9 Å². The van der Waals surface area contributed by atoms with E-state index in [-0.39, 0.29) is 21.5 Å². The summed E-state index contributed by atoms with van der Waals surface area (Å²) in [6.07, 6.45) is -1.61. The van der Waals surface area contributed by atoms with Gasteiger partial charge in [-0.1, -0.05) is 0 Å². The first-order valence-corrected chi connectivity index (χ1v) is 4.51. The van der Waals surface area contributed by atoms with Crippen molar-refractivity contribution in [3.05, 3.63) is 21.8 Å². The molecule has 1 rings (SSSR count). The Bertz CT molecular complexity index is 333. The Morgan fingerprint density at radius 3 is 2.71 bits per heavy atom. The van der Waals surface area contributed by atoms with Crippen molar-refractivity contribution < 1.29 is 18.6 Å². The van der Waals surface area contributed by atoms with E-state index in [0.717, 1.165) is 6.20 Å². The molecule has 0 spiro atoms. The van der Waals surface area contributed by atoms with Gasteiger partial charge in [0.05, 0.1) is 24.8 Å². The average Bonchev–Trinajstić information content (AvgIpc) is 2.16. The summed E-state index contributed by atoms with van der Waals surface area (Å²) in [7, 11) is 1.36. The minimum Gasteiger partial charge on any atom is -0.481 e. The van der Waals surface area contributed by atoms with Crippen LogP contribution < -0.4 is 4.74 Å². The van der Waals surface area contributed by atoms with Crippen molar-refractivity contribution in [2.75, 3.05) is 7.11 Å². The fourth-order valence-corrected chi connectivity index (χ4v) is 1.57. The van der Waals surface area contributed by atoms with Crippen molar-refractivity contribution in [1.29, 1.82) is 0 Å². The Morgan fingerprint density at radius 2 is 2.29 bits per heavy atom. The van der Waals surface area contributed by atoms with Crippen molar-refractivity contribution in [2.24, 2.45) is 0 Å². The molecule has 0 aliphatic carbocycles. The molecule has 3 nitrogen and oxygen atoms in total. The molecule has 1 aromatic heterocycles. The highest BCUT2D eigenvalue weighted by molar-refractivity contribution is 9.10. The number of nitrogens with zero attached hydrogens (tertiary/aromatic N) is 1. The Labute approximate surface area is 87.9 Å². The van der Waals surface area contributed by atoms with E-state index < -0.39 is 13.0 Å². The van der Waals surface area contributed by atoms with Crippen LogP contribution in [0.5, 0.6) is 5.88 Å². The zero-order valence-corrected chi connectivity index (χ0v) is 8.88. The monoisotopic (exact) mass is 267 g/mol. The van der Waals surface area contributed by atoms with E-state index in [1.54, 1.807) is 0 Å². The van der Waals surface area contributed by atoms with Gasteiger partial charge in [-0.2, -0.15) is 0 Å². The SMILES string of the molecule is COc1ncc(C(F)F)c(Br)c1CO. The van der Waals surface area contributed by atoms with E-state index in [2.05, 4.69) is 20.9 Å². The average molecular weight is 268 g/mol. The highest BCUT2D eigenvalue weighted by atomic mass is 79.9. The van der Waals surface area contributed by atoms with Crippen LogP contribution in [0, 0.1) is 0 Å². The van der Waals surface area contributed by atoms with Gasteiger partial charge in [0.15, 0.2) is 0 Å². The van der Waals surface area contributed by atoms with E-state index >= 15 is 0 Å². The molecule has 0 bridgehead atoms. The van der Waals surface area contributed by atoms with Gasteiger partial charge in [0, 0.05) is 10.7 Å². The predicted octanol–water partition coefficient (Wildman–Crippen LogP) is 2.28. The molecule has 0 aliphatic rings. The molecule has 0 saturated carbocycles. The molecule has 0 fully saturated rings. The fourth-order valence-electron chi connectivity index (χ4n) is 0.996. The summed E-state index contributed by atoms with van der Waals surface area (Å²) in [5.74, 6) is 0.142. The molecular weight excluding hydrogens is 260 g/mol. The van der Waals surface area contributed by atoms with E-state index in [1.165, 1.54) is 7.11 Å². The summed E-state index contributed by atoms with van der Waals surface area (Å²) in [5, 5.41) is 8.94. The number of alkyl halides is 2. The number of methoxy groups -OCH3 is 1. The van der Waals surface area contributed by atoms with Crippen LogP contribution in [0.1, 0.15) is 17.6 Å². The number of pyridine rings is 1. The molecule has 0 aromatic carbocycles. The fraction of sp³-hybridized carbons (Fsp3) is 0.375. The third-order valence-electron chi connectivity index (χ3n) is 1.68. The van der Waals surface area contributed by atoms with Gasteiger partial charge in [-0.25, -0.2) is 13.8 Å². The zero-order valence-electron chi connectivity index (χ0n) is 7.30. The predicted molar refractivity (Wildman–Crippen MR) is 49.4 cm³/mol. The van der Waals surface area contributed by atoms with Gasteiger partial charge in [-0.15, -0.1) is 0 Å². The van der Waals surface area contributed by atoms with E-state index in [4.69, 9.17) is 9.84 Å². The second kappa shape index (κ2) is 4.65.